The minimum absolute atomic E-state index is 0.244. The highest BCUT2D eigenvalue weighted by Gasteiger charge is 2.36. The van der Waals surface area contributed by atoms with Crippen molar-refractivity contribution in [1.82, 2.24) is 4.90 Å². The molecular formula is C26H21ClN2O5S. The summed E-state index contributed by atoms with van der Waals surface area (Å²) in [5.41, 5.74) is 2.22. The first-order chi connectivity index (χ1) is 16.9. The van der Waals surface area contributed by atoms with Gasteiger partial charge in [-0.05, 0) is 59.3 Å². The summed E-state index contributed by atoms with van der Waals surface area (Å²) in [7, 11) is 1.49. The van der Waals surface area contributed by atoms with Crippen LogP contribution in [0.5, 0.6) is 11.5 Å². The highest BCUT2D eigenvalue weighted by Crippen LogP contribution is 2.32. The number of methoxy groups -OCH3 is 1. The van der Waals surface area contributed by atoms with E-state index in [2.05, 4.69) is 5.32 Å². The Hall–Kier alpha value is -3.75. The van der Waals surface area contributed by atoms with Crippen LogP contribution in [0.15, 0.2) is 77.7 Å². The van der Waals surface area contributed by atoms with Crippen LogP contribution in [0.3, 0.4) is 0 Å². The van der Waals surface area contributed by atoms with Gasteiger partial charge in [0.15, 0.2) is 0 Å². The van der Waals surface area contributed by atoms with Gasteiger partial charge in [0.05, 0.1) is 17.0 Å². The van der Waals surface area contributed by atoms with E-state index >= 15 is 0 Å². The quantitative estimate of drug-likeness (QED) is 0.398. The summed E-state index contributed by atoms with van der Waals surface area (Å²) in [5, 5.41) is 2.45. The van der Waals surface area contributed by atoms with E-state index in [0.717, 1.165) is 27.8 Å². The SMILES string of the molecule is COc1ccc(NC(=O)CN2C(=O)S/C(=C/c3ccc(OCc4ccccc4)cc3)C2=O)cc1Cl. The van der Waals surface area contributed by atoms with Gasteiger partial charge in [0.25, 0.3) is 11.1 Å². The van der Waals surface area contributed by atoms with E-state index < -0.39 is 23.6 Å². The Bertz CT molecular complexity index is 1280. The molecule has 3 aromatic carbocycles. The lowest BCUT2D eigenvalue weighted by Crippen LogP contribution is -2.36. The lowest BCUT2D eigenvalue weighted by molar-refractivity contribution is -0.127. The summed E-state index contributed by atoms with van der Waals surface area (Å²) in [6.07, 6.45) is 1.62. The molecular weight excluding hydrogens is 488 g/mol. The van der Waals surface area contributed by atoms with Crippen molar-refractivity contribution in [2.75, 3.05) is 19.0 Å². The summed E-state index contributed by atoms with van der Waals surface area (Å²) in [4.78, 5) is 38.7. The number of benzene rings is 3. The van der Waals surface area contributed by atoms with Crippen molar-refractivity contribution in [1.29, 1.82) is 0 Å². The van der Waals surface area contributed by atoms with Gasteiger partial charge >= 0.3 is 0 Å². The van der Waals surface area contributed by atoms with Crippen LogP contribution in [-0.2, 0) is 16.2 Å². The highest BCUT2D eigenvalue weighted by molar-refractivity contribution is 8.18. The van der Waals surface area contributed by atoms with Crippen LogP contribution < -0.4 is 14.8 Å². The molecule has 7 nitrogen and oxygen atoms in total. The smallest absolute Gasteiger partial charge is 0.294 e. The van der Waals surface area contributed by atoms with Crippen LogP contribution in [0.2, 0.25) is 5.02 Å². The Balaban J connectivity index is 1.35. The second kappa shape index (κ2) is 11.1. The number of rotatable bonds is 8. The van der Waals surface area contributed by atoms with Crippen molar-refractivity contribution in [3.8, 4) is 11.5 Å². The molecule has 0 bridgehead atoms. The minimum Gasteiger partial charge on any atom is -0.495 e. The molecule has 9 heteroatoms. The molecule has 0 aromatic heterocycles. The Labute approximate surface area is 211 Å². The number of carbonyl (C=O) groups is 3. The molecule has 0 aliphatic carbocycles. The molecule has 3 amide bonds. The number of nitrogens with zero attached hydrogens (tertiary/aromatic N) is 1. The van der Waals surface area contributed by atoms with E-state index in [9.17, 15) is 14.4 Å². The number of hydrogen-bond donors (Lipinski definition) is 1. The molecule has 3 aromatic rings. The molecule has 1 fully saturated rings. The van der Waals surface area contributed by atoms with Crippen molar-refractivity contribution in [3.63, 3.8) is 0 Å². The lowest BCUT2D eigenvalue weighted by Gasteiger charge is -2.13. The first kappa shape index (κ1) is 24.4. The fourth-order valence-electron chi connectivity index (χ4n) is 3.28. The Kier molecular flexibility index (Phi) is 7.74. The predicted octanol–water partition coefficient (Wildman–Crippen LogP) is 5.60. The molecule has 0 atom stereocenters. The van der Waals surface area contributed by atoms with Gasteiger partial charge in [-0.15, -0.1) is 0 Å². The van der Waals surface area contributed by atoms with E-state index in [1.54, 1.807) is 42.5 Å². The van der Waals surface area contributed by atoms with Crippen LogP contribution in [-0.4, -0.2) is 35.6 Å². The van der Waals surface area contributed by atoms with Gasteiger partial charge < -0.3 is 14.8 Å². The van der Waals surface area contributed by atoms with Gasteiger partial charge in [0, 0.05) is 5.69 Å². The van der Waals surface area contributed by atoms with Crippen molar-refractivity contribution in [3.05, 3.63) is 93.9 Å². The normalized spacial score (nSPS) is 14.3. The van der Waals surface area contributed by atoms with Gasteiger partial charge in [-0.2, -0.15) is 0 Å². The Morgan fingerprint density at radius 3 is 2.49 bits per heavy atom. The Morgan fingerprint density at radius 2 is 1.80 bits per heavy atom. The van der Waals surface area contributed by atoms with Gasteiger partial charge in [-0.25, -0.2) is 0 Å². The topological polar surface area (TPSA) is 84.9 Å². The Morgan fingerprint density at radius 1 is 1.06 bits per heavy atom. The second-order valence-electron chi connectivity index (χ2n) is 7.51. The van der Waals surface area contributed by atoms with Crippen molar-refractivity contribution in [2.24, 2.45) is 0 Å². The van der Waals surface area contributed by atoms with E-state index in [1.807, 2.05) is 30.3 Å². The van der Waals surface area contributed by atoms with Gasteiger partial charge in [-0.3, -0.25) is 19.3 Å². The number of hydrogen-bond acceptors (Lipinski definition) is 6. The van der Waals surface area contributed by atoms with Crippen LogP contribution in [0.4, 0.5) is 10.5 Å². The molecule has 0 saturated carbocycles. The van der Waals surface area contributed by atoms with Gasteiger partial charge in [0.2, 0.25) is 5.91 Å². The van der Waals surface area contributed by atoms with Crippen LogP contribution in [0.25, 0.3) is 6.08 Å². The van der Waals surface area contributed by atoms with Crippen molar-refractivity contribution in [2.45, 2.75) is 6.61 Å². The number of thioether (sulfide) groups is 1. The average molecular weight is 509 g/mol. The lowest BCUT2D eigenvalue weighted by atomic mass is 10.2. The zero-order valence-electron chi connectivity index (χ0n) is 18.7. The highest BCUT2D eigenvalue weighted by atomic mass is 35.5. The van der Waals surface area contributed by atoms with Crippen LogP contribution in [0.1, 0.15) is 11.1 Å². The van der Waals surface area contributed by atoms with E-state index in [0.29, 0.717) is 28.8 Å². The number of amides is 3. The monoisotopic (exact) mass is 508 g/mol. The zero-order valence-corrected chi connectivity index (χ0v) is 20.3. The van der Waals surface area contributed by atoms with E-state index in [-0.39, 0.29) is 4.91 Å². The van der Waals surface area contributed by atoms with E-state index in [4.69, 9.17) is 21.1 Å². The molecule has 0 unspecified atom stereocenters. The molecule has 35 heavy (non-hydrogen) atoms. The third-order valence-electron chi connectivity index (χ3n) is 5.04. The maximum atomic E-state index is 12.7. The molecule has 4 rings (SSSR count). The maximum absolute atomic E-state index is 12.7. The van der Waals surface area contributed by atoms with Gasteiger partial charge in [0.1, 0.15) is 24.7 Å². The predicted molar refractivity (Wildman–Crippen MR) is 137 cm³/mol. The van der Waals surface area contributed by atoms with Crippen molar-refractivity contribution < 1.29 is 23.9 Å². The first-order valence-electron chi connectivity index (χ1n) is 10.6. The molecule has 1 saturated heterocycles. The fraction of sp³-hybridized carbons (Fsp3) is 0.115. The average Bonchev–Trinajstić information content (AvgIpc) is 3.11. The third-order valence-corrected chi connectivity index (χ3v) is 6.24. The summed E-state index contributed by atoms with van der Waals surface area (Å²) >= 11 is 6.86. The van der Waals surface area contributed by atoms with Crippen LogP contribution >= 0.6 is 23.4 Å². The maximum Gasteiger partial charge on any atom is 0.294 e. The standard InChI is InChI=1S/C26H21ClN2O5S/c1-33-22-12-9-19(14-21(22)27)28-24(30)15-29-25(31)23(35-26(29)32)13-17-7-10-20(11-8-17)34-16-18-5-3-2-4-6-18/h2-14H,15-16H2,1H3,(H,28,30)/b23-13+. The van der Waals surface area contributed by atoms with Crippen LogP contribution in [0, 0.1) is 0 Å². The fourth-order valence-corrected chi connectivity index (χ4v) is 4.37. The molecule has 1 N–H and O–H groups in total. The summed E-state index contributed by atoms with van der Waals surface area (Å²) < 4.78 is 10.9. The third kappa shape index (κ3) is 6.23. The minimum atomic E-state index is -0.521. The van der Waals surface area contributed by atoms with Crippen molar-refractivity contribution >= 4 is 52.2 Å². The number of anilines is 1. The van der Waals surface area contributed by atoms with E-state index in [1.165, 1.54) is 13.2 Å². The number of ether oxygens (including phenoxy) is 2. The molecule has 178 valence electrons. The number of imide groups is 1. The number of carbonyl (C=O) groups excluding carboxylic acids is 3. The largest absolute Gasteiger partial charge is 0.495 e. The summed E-state index contributed by atoms with van der Waals surface area (Å²) in [6, 6.07) is 21.8. The number of nitrogens with one attached hydrogen (secondary N) is 1. The molecule has 1 heterocycles. The summed E-state index contributed by atoms with van der Waals surface area (Å²) in [5.74, 6) is 0.118. The molecule has 1 aliphatic heterocycles. The second-order valence-corrected chi connectivity index (χ2v) is 8.91. The molecule has 0 spiro atoms. The zero-order chi connectivity index (χ0) is 24.8. The molecule has 0 radical (unpaired) electrons. The van der Waals surface area contributed by atoms with Gasteiger partial charge in [-0.1, -0.05) is 54.1 Å². The number of halogens is 1. The first-order valence-corrected chi connectivity index (χ1v) is 11.8. The molecule has 1 aliphatic rings. The summed E-state index contributed by atoms with van der Waals surface area (Å²) in [6.45, 7) is 0.0434.